The molecule has 2 aromatic carbocycles. The number of rotatable bonds is 13. The molecule has 1 aliphatic rings. The van der Waals surface area contributed by atoms with Crippen LogP contribution in [0, 0.1) is 0 Å². The number of ketones is 2. The minimum atomic E-state index is -1.40. The van der Waals surface area contributed by atoms with Crippen LogP contribution in [-0.2, 0) is 24.0 Å². The van der Waals surface area contributed by atoms with Gasteiger partial charge in [0.1, 0.15) is 23.0 Å². The van der Waals surface area contributed by atoms with E-state index in [2.05, 4.69) is 0 Å². The second-order valence-electron chi connectivity index (χ2n) is 9.29. The minimum Gasteiger partial charge on any atom is -0.507 e. The van der Waals surface area contributed by atoms with E-state index in [4.69, 9.17) is 24.1 Å². The van der Waals surface area contributed by atoms with Crippen LogP contribution in [0.3, 0.4) is 0 Å². The van der Waals surface area contributed by atoms with Gasteiger partial charge in [-0.1, -0.05) is 26.7 Å². The van der Waals surface area contributed by atoms with Crippen molar-refractivity contribution in [1.82, 2.24) is 0 Å². The number of fused-ring (bicyclic) bond motifs is 1. The third kappa shape index (κ3) is 6.76. The molecule has 0 radical (unpaired) electrons. The molecule has 1 aliphatic heterocycles. The van der Waals surface area contributed by atoms with Crippen molar-refractivity contribution >= 4 is 17.7 Å². The lowest BCUT2D eigenvalue weighted by atomic mass is 9.93. The first-order chi connectivity index (χ1) is 18.2. The highest BCUT2D eigenvalue weighted by Crippen LogP contribution is 2.41. The summed E-state index contributed by atoms with van der Waals surface area (Å²) >= 11 is 0. The van der Waals surface area contributed by atoms with E-state index < -0.39 is 12.4 Å². The lowest BCUT2D eigenvalue weighted by Crippen LogP contribution is -2.29. The van der Waals surface area contributed by atoms with Gasteiger partial charge >= 0.3 is 6.16 Å². The number of hydrogen-bond donors (Lipinski definition) is 2. The fourth-order valence-corrected chi connectivity index (χ4v) is 4.60. The third-order valence-corrected chi connectivity index (χ3v) is 6.32. The van der Waals surface area contributed by atoms with Crippen LogP contribution >= 0.6 is 0 Å². The molecule has 9 heteroatoms. The average Bonchev–Trinajstić information content (AvgIpc) is 2.86. The smallest absolute Gasteiger partial charge is 0.507 e. The number of aromatic hydroxyl groups is 1. The molecule has 206 valence electrons. The fourth-order valence-electron chi connectivity index (χ4n) is 4.60. The standard InChI is InChI=1S/C29H36O9/c1-5-8-21-24(12-11-20(17(3)30)26(21)32)35-14-7-15-36-28-22(9-6-2)27-19(16-23(28)18(4)31)10-13-25(37-27)38-29(33)34/h11-12,16,25,32H,5-10,13-15H2,1-4H3,(H,33,34). The number of Topliss-reactive ketones (excluding diaryl/α,β-unsaturated/α-hetero) is 2. The van der Waals surface area contributed by atoms with Gasteiger partial charge in [0.25, 0.3) is 0 Å². The van der Waals surface area contributed by atoms with E-state index in [0.29, 0.717) is 67.1 Å². The largest absolute Gasteiger partial charge is 0.508 e. The molecule has 1 heterocycles. The van der Waals surface area contributed by atoms with Gasteiger partial charge < -0.3 is 29.2 Å². The maximum absolute atomic E-state index is 12.5. The summed E-state index contributed by atoms with van der Waals surface area (Å²) in [6.07, 6.45) is 1.76. The van der Waals surface area contributed by atoms with Gasteiger partial charge in [-0.05, 0) is 56.9 Å². The summed E-state index contributed by atoms with van der Waals surface area (Å²) in [5.41, 5.74) is 2.90. The molecule has 0 amide bonds. The number of carboxylic acid groups (broad SMARTS) is 1. The Balaban J connectivity index is 1.76. The van der Waals surface area contributed by atoms with Gasteiger partial charge in [0.2, 0.25) is 6.29 Å². The quantitative estimate of drug-likeness (QED) is 0.186. The lowest BCUT2D eigenvalue weighted by molar-refractivity contribution is -0.0640. The summed E-state index contributed by atoms with van der Waals surface area (Å²) in [6, 6.07) is 5.02. The zero-order valence-electron chi connectivity index (χ0n) is 22.4. The Morgan fingerprint density at radius 3 is 2.26 bits per heavy atom. The van der Waals surface area contributed by atoms with E-state index in [-0.39, 0.29) is 29.5 Å². The molecule has 38 heavy (non-hydrogen) atoms. The topological polar surface area (TPSA) is 129 Å². The number of phenolic OH excluding ortho intramolecular Hbond substituents is 1. The summed E-state index contributed by atoms with van der Waals surface area (Å²) in [6.45, 7) is 7.43. The lowest BCUT2D eigenvalue weighted by Gasteiger charge is -2.29. The summed E-state index contributed by atoms with van der Waals surface area (Å²) in [5.74, 6) is 1.10. The SMILES string of the molecule is CCCc1c(OCCCOc2c(C(C)=O)cc3c(c2CCC)OC(OC(=O)O)CC3)ccc(C(C)=O)c1O. The highest BCUT2D eigenvalue weighted by molar-refractivity contribution is 5.98. The van der Waals surface area contributed by atoms with E-state index in [1.54, 1.807) is 18.2 Å². The molecule has 3 rings (SSSR count). The molecule has 0 saturated carbocycles. The third-order valence-electron chi connectivity index (χ3n) is 6.32. The second kappa shape index (κ2) is 13.2. The molecule has 1 atom stereocenters. The van der Waals surface area contributed by atoms with Gasteiger partial charge in [0, 0.05) is 24.0 Å². The Bertz CT molecular complexity index is 1190. The predicted molar refractivity (Wildman–Crippen MR) is 140 cm³/mol. The number of phenols is 1. The van der Waals surface area contributed by atoms with Crippen LogP contribution in [0.5, 0.6) is 23.0 Å². The zero-order valence-corrected chi connectivity index (χ0v) is 22.4. The van der Waals surface area contributed by atoms with Crippen molar-refractivity contribution < 1.29 is 43.5 Å². The molecule has 1 unspecified atom stereocenters. The minimum absolute atomic E-state index is 0.0392. The summed E-state index contributed by atoms with van der Waals surface area (Å²) in [5, 5.41) is 19.5. The molecule has 2 aromatic rings. The predicted octanol–water partition coefficient (Wildman–Crippen LogP) is 5.90. The van der Waals surface area contributed by atoms with Gasteiger partial charge in [-0.25, -0.2) is 4.79 Å². The summed E-state index contributed by atoms with van der Waals surface area (Å²) in [4.78, 5) is 35.3. The molecule has 0 aromatic heterocycles. The van der Waals surface area contributed by atoms with Crippen molar-refractivity contribution in [3.05, 3.63) is 46.0 Å². The van der Waals surface area contributed by atoms with Crippen molar-refractivity contribution in [2.75, 3.05) is 13.2 Å². The average molecular weight is 529 g/mol. The molecule has 9 nitrogen and oxygen atoms in total. The Hall–Kier alpha value is -3.75. The number of carbonyl (C=O) groups excluding carboxylic acids is 2. The van der Waals surface area contributed by atoms with Gasteiger partial charge in [-0.2, -0.15) is 0 Å². The molecule has 2 N–H and O–H groups in total. The van der Waals surface area contributed by atoms with Gasteiger partial charge in [0.05, 0.1) is 24.3 Å². The Kier molecular flexibility index (Phi) is 9.98. The maximum atomic E-state index is 12.5. The van der Waals surface area contributed by atoms with Crippen molar-refractivity contribution in [3.63, 3.8) is 0 Å². The van der Waals surface area contributed by atoms with Gasteiger partial charge in [0.15, 0.2) is 11.6 Å². The van der Waals surface area contributed by atoms with Gasteiger partial charge in [-0.15, -0.1) is 0 Å². The van der Waals surface area contributed by atoms with E-state index in [9.17, 15) is 19.5 Å². The number of ether oxygens (including phenoxy) is 4. The normalized spacial score (nSPS) is 14.3. The summed E-state index contributed by atoms with van der Waals surface area (Å²) < 4.78 is 22.8. The van der Waals surface area contributed by atoms with Crippen LogP contribution in [0.1, 0.15) is 90.8 Å². The van der Waals surface area contributed by atoms with Crippen LogP contribution in [0.2, 0.25) is 0 Å². The van der Waals surface area contributed by atoms with E-state index in [0.717, 1.165) is 24.0 Å². The van der Waals surface area contributed by atoms with Crippen molar-refractivity contribution in [3.8, 4) is 23.0 Å². The molecule has 0 saturated heterocycles. The van der Waals surface area contributed by atoms with E-state index in [1.807, 2.05) is 13.8 Å². The van der Waals surface area contributed by atoms with Crippen molar-refractivity contribution in [2.45, 2.75) is 78.9 Å². The highest BCUT2D eigenvalue weighted by Gasteiger charge is 2.29. The van der Waals surface area contributed by atoms with E-state index >= 15 is 0 Å². The van der Waals surface area contributed by atoms with Crippen LogP contribution < -0.4 is 14.2 Å². The Morgan fingerprint density at radius 2 is 1.63 bits per heavy atom. The molecule has 0 fully saturated rings. The molecule has 0 bridgehead atoms. The fraction of sp³-hybridized carbons (Fsp3) is 0.483. The number of benzene rings is 2. The Labute approximate surface area is 222 Å². The van der Waals surface area contributed by atoms with E-state index in [1.165, 1.54) is 13.8 Å². The molecular weight excluding hydrogens is 492 g/mol. The highest BCUT2D eigenvalue weighted by atomic mass is 16.8. The number of aryl methyl sites for hydroxylation is 1. The van der Waals surface area contributed by atoms with Crippen molar-refractivity contribution in [1.29, 1.82) is 0 Å². The maximum Gasteiger partial charge on any atom is 0.508 e. The van der Waals surface area contributed by atoms with Crippen LogP contribution in [-0.4, -0.2) is 47.4 Å². The molecule has 0 spiro atoms. The van der Waals surface area contributed by atoms with Crippen LogP contribution in [0.15, 0.2) is 18.2 Å². The van der Waals surface area contributed by atoms with Crippen LogP contribution in [0.25, 0.3) is 0 Å². The second-order valence-corrected chi connectivity index (χ2v) is 9.29. The van der Waals surface area contributed by atoms with Crippen molar-refractivity contribution in [2.24, 2.45) is 0 Å². The summed E-state index contributed by atoms with van der Waals surface area (Å²) in [7, 11) is 0. The zero-order chi connectivity index (χ0) is 27.8. The Morgan fingerprint density at radius 1 is 0.974 bits per heavy atom. The van der Waals surface area contributed by atoms with Crippen LogP contribution in [0.4, 0.5) is 4.79 Å². The first kappa shape index (κ1) is 28.8. The first-order valence-corrected chi connectivity index (χ1v) is 13.0. The number of hydrogen-bond acceptors (Lipinski definition) is 8. The molecular formula is C29H36O9. The number of carbonyl (C=O) groups is 3. The van der Waals surface area contributed by atoms with Gasteiger partial charge in [-0.3, -0.25) is 9.59 Å². The molecule has 0 aliphatic carbocycles. The first-order valence-electron chi connectivity index (χ1n) is 13.0. The monoisotopic (exact) mass is 528 g/mol.